The predicted octanol–water partition coefficient (Wildman–Crippen LogP) is 3.01. The fourth-order valence-corrected chi connectivity index (χ4v) is 3.48. The number of ketones is 1. The molecule has 0 spiro atoms. The molecule has 0 saturated carbocycles. The number of phenols is 1. The van der Waals surface area contributed by atoms with Crippen LogP contribution in [0.25, 0.3) is 0 Å². The second-order valence-electron chi connectivity index (χ2n) is 6.69. The number of hydrogen-bond acceptors (Lipinski definition) is 3. The highest BCUT2D eigenvalue weighted by molar-refractivity contribution is 5.90. The van der Waals surface area contributed by atoms with E-state index in [-0.39, 0.29) is 42.4 Å². The Balaban J connectivity index is 1.79. The summed E-state index contributed by atoms with van der Waals surface area (Å²) in [6.45, 7) is 1.68. The van der Waals surface area contributed by atoms with E-state index in [0.717, 1.165) is 0 Å². The van der Waals surface area contributed by atoms with Crippen molar-refractivity contribution in [2.45, 2.75) is 25.7 Å². The van der Waals surface area contributed by atoms with Crippen molar-refractivity contribution < 1.29 is 23.5 Å². The van der Waals surface area contributed by atoms with Gasteiger partial charge in [0.2, 0.25) is 5.91 Å². The zero-order chi connectivity index (χ0) is 18.8. The number of aromatic hydroxyl groups is 1. The summed E-state index contributed by atoms with van der Waals surface area (Å²) in [5.74, 6) is -3.49. The Kier molecular flexibility index (Phi) is 5.02. The minimum atomic E-state index is -0.813. The zero-order valence-electron chi connectivity index (χ0n) is 14.3. The number of aryl methyl sites for hydroxylation is 1. The number of hydrogen-bond donors (Lipinski definition) is 2. The highest BCUT2D eigenvalue weighted by Crippen LogP contribution is 2.35. The number of benzene rings is 2. The monoisotopic (exact) mass is 359 g/mol. The quantitative estimate of drug-likeness (QED) is 0.862. The van der Waals surface area contributed by atoms with E-state index < -0.39 is 23.5 Å². The molecule has 0 aromatic heterocycles. The standard InChI is InChI=1S/C20H19F2NO3/c1-11-5-17(21)19(18(22)6-11)16-10-23-20(26)15(16)9-14(25)8-12-3-2-4-13(24)7-12/h2-7,15-16,24H,8-10H2,1H3,(H,23,26)/t15-,16+/m0/s1. The lowest BCUT2D eigenvalue weighted by Crippen LogP contribution is -2.23. The van der Waals surface area contributed by atoms with Gasteiger partial charge < -0.3 is 10.4 Å². The first-order valence-electron chi connectivity index (χ1n) is 8.38. The van der Waals surface area contributed by atoms with Gasteiger partial charge in [0.25, 0.3) is 0 Å². The molecule has 0 aliphatic carbocycles. The van der Waals surface area contributed by atoms with Crippen molar-refractivity contribution in [1.82, 2.24) is 5.32 Å². The summed E-state index contributed by atoms with van der Waals surface area (Å²) in [5.41, 5.74) is 0.930. The summed E-state index contributed by atoms with van der Waals surface area (Å²) in [7, 11) is 0. The Morgan fingerprint density at radius 1 is 1.23 bits per heavy atom. The summed E-state index contributed by atoms with van der Waals surface area (Å²) >= 11 is 0. The van der Waals surface area contributed by atoms with E-state index in [1.807, 2.05) is 0 Å². The average Bonchev–Trinajstić information content (AvgIpc) is 2.87. The van der Waals surface area contributed by atoms with E-state index in [2.05, 4.69) is 5.32 Å². The Morgan fingerprint density at radius 2 is 1.92 bits per heavy atom. The number of phenolic OH excluding ortho intramolecular Hbond substituents is 1. The van der Waals surface area contributed by atoms with Gasteiger partial charge in [-0.2, -0.15) is 0 Å². The molecular weight excluding hydrogens is 340 g/mol. The van der Waals surface area contributed by atoms with Crippen LogP contribution in [-0.4, -0.2) is 23.3 Å². The molecule has 2 N–H and O–H groups in total. The van der Waals surface area contributed by atoms with Crippen LogP contribution in [0.4, 0.5) is 8.78 Å². The second kappa shape index (κ2) is 7.23. The van der Waals surface area contributed by atoms with Crippen molar-refractivity contribution in [2.24, 2.45) is 5.92 Å². The molecule has 1 amide bonds. The van der Waals surface area contributed by atoms with Gasteiger partial charge in [0.15, 0.2) is 0 Å². The Bertz CT molecular complexity index is 843. The maximum atomic E-state index is 14.3. The SMILES string of the molecule is Cc1cc(F)c([C@@H]2CNC(=O)[C@H]2CC(=O)Cc2cccc(O)c2)c(F)c1. The Hall–Kier alpha value is -2.76. The molecule has 26 heavy (non-hydrogen) atoms. The van der Waals surface area contributed by atoms with Gasteiger partial charge in [-0.25, -0.2) is 8.78 Å². The summed E-state index contributed by atoms with van der Waals surface area (Å²) in [6, 6.07) is 8.75. The van der Waals surface area contributed by atoms with Gasteiger partial charge in [-0.3, -0.25) is 9.59 Å². The largest absolute Gasteiger partial charge is 0.508 e. The molecule has 1 aliphatic rings. The summed E-state index contributed by atoms with van der Waals surface area (Å²) < 4.78 is 28.6. The van der Waals surface area contributed by atoms with Crippen molar-refractivity contribution in [3.63, 3.8) is 0 Å². The lowest BCUT2D eigenvalue weighted by atomic mass is 9.83. The third-order valence-corrected chi connectivity index (χ3v) is 4.67. The number of halogens is 2. The van der Waals surface area contributed by atoms with Gasteiger partial charge in [0.05, 0.1) is 5.92 Å². The van der Waals surface area contributed by atoms with Crippen molar-refractivity contribution in [1.29, 1.82) is 0 Å². The third kappa shape index (κ3) is 3.74. The molecule has 0 unspecified atom stereocenters. The van der Waals surface area contributed by atoms with E-state index in [0.29, 0.717) is 11.1 Å². The van der Waals surface area contributed by atoms with E-state index in [1.165, 1.54) is 24.3 Å². The first-order chi connectivity index (χ1) is 12.3. The second-order valence-corrected chi connectivity index (χ2v) is 6.69. The van der Waals surface area contributed by atoms with Gasteiger partial charge in [0, 0.05) is 30.9 Å². The first kappa shape index (κ1) is 18.0. The predicted molar refractivity (Wildman–Crippen MR) is 91.8 cm³/mol. The molecular formula is C20H19F2NO3. The molecule has 1 fully saturated rings. The number of rotatable bonds is 5. The van der Waals surface area contributed by atoms with E-state index in [1.54, 1.807) is 19.1 Å². The van der Waals surface area contributed by atoms with Crippen LogP contribution in [0.3, 0.4) is 0 Å². The molecule has 136 valence electrons. The van der Waals surface area contributed by atoms with Crippen LogP contribution in [0.1, 0.15) is 29.0 Å². The molecule has 1 heterocycles. The number of carbonyl (C=O) groups excluding carboxylic acids is 2. The van der Waals surface area contributed by atoms with Crippen LogP contribution in [0.15, 0.2) is 36.4 Å². The fraction of sp³-hybridized carbons (Fsp3) is 0.300. The zero-order valence-corrected chi connectivity index (χ0v) is 14.3. The molecule has 2 aromatic rings. The molecule has 0 radical (unpaired) electrons. The van der Waals surface area contributed by atoms with Crippen LogP contribution in [0.5, 0.6) is 5.75 Å². The van der Waals surface area contributed by atoms with Crippen molar-refractivity contribution in [2.75, 3.05) is 6.54 Å². The maximum Gasteiger partial charge on any atom is 0.224 e. The number of nitrogens with one attached hydrogen (secondary N) is 1. The lowest BCUT2D eigenvalue weighted by Gasteiger charge is -2.18. The minimum Gasteiger partial charge on any atom is -0.508 e. The summed E-state index contributed by atoms with van der Waals surface area (Å²) in [6.07, 6.45) is -0.0668. The van der Waals surface area contributed by atoms with Gasteiger partial charge >= 0.3 is 0 Å². The molecule has 1 saturated heterocycles. The molecule has 6 heteroatoms. The van der Waals surface area contributed by atoms with E-state index >= 15 is 0 Å². The molecule has 3 rings (SSSR count). The van der Waals surface area contributed by atoms with Crippen LogP contribution in [0.2, 0.25) is 0 Å². The maximum absolute atomic E-state index is 14.3. The Morgan fingerprint density at radius 3 is 2.58 bits per heavy atom. The van der Waals surface area contributed by atoms with Crippen LogP contribution in [0, 0.1) is 24.5 Å². The highest BCUT2D eigenvalue weighted by atomic mass is 19.1. The first-order valence-corrected chi connectivity index (χ1v) is 8.38. The number of amides is 1. The van der Waals surface area contributed by atoms with Gasteiger partial charge in [-0.05, 0) is 42.3 Å². The fourth-order valence-electron chi connectivity index (χ4n) is 3.48. The average molecular weight is 359 g/mol. The summed E-state index contributed by atoms with van der Waals surface area (Å²) in [5, 5.41) is 12.1. The molecule has 0 bridgehead atoms. The third-order valence-electron chi connectivity index (χ3n) is 4.67. The van der Waals surface area contributed by atoms with Crippen LogP contribution < -0.4 is 5.32 Å². The van der Waals surface area contributed by atoms with E-state index in [9.17, 15) is 23.5 Å². The number of Topliss-reactive ketones (excluding diaryl/α,β-unsaturated/α-hetero) is 1. The van der Waals surface area contributed by atoms with Crippen molar-refractivity contribution in [3.8, 4) is 5.75 Å². The van der Waals surface area contributed by atoms with Gasteiger partial charge in [-0.1, -0.05) is 12.1 Å². The van der Waals surface area contributed by atoms with Gasteiger partial charge in [-0.15, -0.1) is 0 Å². The van der Waals surface area contributed by atoms with E-state index in [4.69, 9.17) is 0 Å². The van der Waals surface area contributed by atoms with Crippen molar-refractivity contribution in [3.05, 3.63) is 64.7 Å². The minimum absolute atomic E-state index is 0.0454. The Labute approximate surface area is 149 Å². The molecule has 4 nitrogen and oxygen atoms in total. The van der Waals surface area contributed by atoms with Crippen LogP contribution >= 0.6 is 0 Å². The molecule has 1 aliphatic heterocycles. The summed E-state index contributed by atoms with van der Waals surface area (Å²) in [4.78, 5) is 24.5. The lowest BCUT2D eigenvalue weighted by molar-refractivity contribution is -0.127. The van der Waals surface area contributed by atoms with Crippen LogP contribution in [-0.2, 0) is 16.0 Å². The highest BCUT2D eigenvalue weighted by Gasteiger charge is 2.39. The topological polar surface area (TPSA) is 66.4 Å². The molecule has 2 aromatic carbocycles. The normalized spacial score (nSPS) is 19.4. The number of carbonyl (C=O) groups is 2. The smallest absolute Gasteiger partial charge is 0.224 e. The van der Waals surface area contributed by atoms with Gasteiger partial charge in [0.1, 0.15) is 23.2 Å². The molecule has 2 atom stereocenters. The van der Waals surface area contributed by atoms with Crippen molar-refractivity contribution >= 4 is 11.7 Å².